The molecule has 0 saturated carbocycles. The number of carbonyl (C=O) groups excluding carboxylic acids is 1. The van der Waals surface area contributed by atoms with Crippen LogP contribution in [0.5, 0.6) is 0 Å². The lowest BCUT2D eigenvalue weighted by atomic mass is 9.99. The fraction of sp³-hybridized carbons (Fsp3) is 0.458. The highest BCUT2D eigenvalue weighted by Gasteiger charge is 2.25. The summed E-state index contributed by atoms with van der Waals surface area (Å²) in [5.41, 5.74) is 2.75. The lowest BCUT2D eigenvalue weighted by Crippen LogP contribution is -2.44. The highest BCUT2D eigenvalue weighted by atomic mass is 32.2. The topological polar surface area (TPSA) is 81.8 Å². The summed E-state index contributed by atoms with van der Waals surface area (Å²) < 4.78 is 29.0. The normalized spacial score (nSPS) is 19.6. The molecular formula is C24H32N4O3S. The van der Waals surface area contributed by atoms with Crippen LogP contribution in [0, 0.1) is 12.8 Å². The first-order valence-electron chi connectivity index (χ1n) is 11.3. The lowest BCUT2D eigenvalue weighted by Gasteiger charge is -2.33. The van der Waals surface area contributed by atoms with Gasteiger partial charge in [-0.3, -0.25) is 9.52 Å². The Labute approximate surface area is 190 Å². The number of piperazine rings is 1. The van der Waals surface area contributed by atoms with Gasteiger partial charge in [0.25, 0.3) is 15.9 Å². The van der Waals surface area contributed by atoms with Crippen molar-refractivity contribution >= 4 is 27.3 Å². The summed E-state index contributed by atoms with van der Waals surface area (Å²) in [6.45, 7) is 8.77. The third kappa shape index (κ3) is 5.07. The Morgan fingerprint density at radius 1 is 1.06 bits per heavy atom. The summed E-state index contributed by atoms with van der Waals surface area (Å²) >= 11 is 0. The van der Waals surface area contributed by atoms with Crippen LogP contribution in [0.2, 0.25) is 0 Å². The summed E-state index contributed by atoms with van der Waals surface area (Å²) in [6.07, 6.45) is 2.13. The Morgan fingerprint density at radius 2 is 1.78 bits per heavy atom. The molecule has 32 heavy (non-hydrogen) atoms. The number of nitrogens with one attached hydrogen (secondary N) is 2. The van der Waals surface area contributed by atoms with E-state index in [1.807, 2.05) is 24.0 Å². The van der Waals surface area contributed by atoms with Gasteiger partial charge in [-0.25, -0.2) is 8.42 Å². The maximum Gasteiger partial charge on any atom is 0.261 e. The molecule has 0 bridgehead atoms. The molecule has 4 rings (SSSR count). The number of piperidine rings is 1. The highest BCUT2D eigenvalue weighted by molar-refractivity contribution is 7.92. The largest absolute Gasteiger partial charge is 0.367 e. The van der Waals surface area contributed by atoms with Crippen molar-refractivity contribution in [1.29, 1.82) is 0 Å². The Kier molecular flexibility index (Phi) is 6.71. The summed E-state index contributed by atoms with van der Waals surface area (Å²) in [6, 6.07) is 12.2. The van der Waals surface area contributed by atoms with Crippen molar-refractivity contribution < 1.29 is 13.2 Å². The number of anilines is 2. The molecule has 1 amide bonds. The minimum atomic E-state index is -3.78. The molecule has 2 aliphatic rings. The molecule has 2 saturated heterocycles. The number of carbonyl (C=O) groups is 1. The van der Waals surface area contributed by atoms with Crippen molar-refractivity contribution in [2.24, 2.45) is 5.92 Å². The average Bonchev–Trinajstić information content (AvgIpc) is 2.79. The standard InChI is InChI=1S/C24H32N4O3S/c1-18-5-8-21(9-6-18)32(30,31)26-22-16-20(24(29)28-13-3-4-19(2)17-28)7-10-23(22)27-14-11-25-12-15-27/h5-10,16,19,25-26H,3-4,11-15,17H2,1-2H3. The van der Waals surface area contributed by atoms with E-state index < -0.39 is 10.0 Å². The predicted octanol–water partition coefficient (Wildman–Crippen LogP) is 3.08. The van der Waals surface area contributed by atoms with Gasteiger partial charge < -0.3 is 15.1 Å². The third-order valence-corrected chi connectivity index (χ3v) is 7.60. The summed E-state index contributed by atoms with van der Waals surface area (Å²) in [5.74, 6) is 0.437. The number of hydrogen-bond donors (Lipinski definition) is 2. The number of benzene rings is 2. The molecule has 0 spiro atoms. The predicted molar refractivity (Wildman–Crippen MR) is 128 cm³/mol. The number of likely N-dealkylation sites (tertiary alicyclic amines) is 1. The maximum absolute atomic E-state index is 13.2. The van der Waals surface area contributed by atoms with Gasteiger partial charge in [0.2, 0.25) is 0 Å². The molecule has 0 aromatic heterocycles. The van der Waals surface area contributed by atoms with E-state index in [0.29, 0.717) is 17.2 Å². The Morgan fingerprint density at radius 3 is 2.47 bits per heavy atom. The molecule has 2 aliphatic heterocycles. The van der Waals surface area contributed by atoms with E-state index in [1.54, 1.807) is 30.3 Å². The Hall–Kier alpha value is -2.58. The number of hydrogen-bond acceptors (Lipinski definition) is 5. The monoisotopic (exact) mass is 456 g/mol. The SMILES string of the molecule is Cc1ccc(S(=O)(=O)Nc2cc(C(=O)N3CCCC(C)C3)ccc2N2CCNCC2)cc1. The molecule has 172 valence electrons. The number of sulfonamides is 1. The van der Waals surface area contributed by atoms with E-state index >= 15 is 0 Å². The van der Waals surface area contributed by atoms with Gasteiger partial charge >= 0.3 is 0 Å². The van der Waals surface area contributed by atoms with Crippen molar-refractivity contribution in [1.82, 2.24) is 10.2 Å². The summed E-state index contributed by atoms with van der Waals surface area (Å²) in [7, 11) is -3.78. The quantitative estimate of drug-likeness (QED) is 0.723. The molecule has 2 aromatic carbocycles. The minimum Gasteiger partial charge on any atom is -0.367 e. The fourth-order valence-corrected chi connectivity index (χ4v) is 5.48. The van der Waals surface area contributed by atoms with Crippen molar-refractivity contribution in [2.45, 2.75) is 31.6 Å². The summed E-state index contributed by atoms with van der Waals surface area (Å²) in [5, 5.41) is 3.32. The van der Waals surface area contributed by atoms with Crippen LogP contribution < -0.4 is 14.9 Å². The van der Waals surface area contributed by atoms with Crippen LogP contribution in [-0.4, -0.2) is 58.5 Å². The van der Waals surface area contributed by atoms with Crippen LogP contribution in [0.3, 0.4) is 0 Å². The van der Waals surface area contributed by atoms with E-state index in [9.17, 15) is 13.2 Å². The van der Waals surface area contributed by atoms with Gasteiger partial charge in [-0.15, -0.1) is 0 Å². The van der Waals surface area contributed by atoms with Crippen LogP contribution in [0.15, 0.2) is 47.4 Å². The van der Waals surface area contributed by atoms with Crippen LogP contribution in [0.1, 0.15) is 35.7 Å². The van der Waals surface area contributed by atoms with Crippen molar-refractivity contribution in [3.63, 3.8) is 0 Å². The van der Waals surface area contributed by atoms with E-state index in [4.69, 9.17) is 0 Å². The lowest BCUT2D eigenvalue weighted by molar-refractivity contribution is 0.0683. The zero-order chi connectivity index (χ0) is 22.7. The van der Waals surface area contributed by atoms with Gasteiger partial charge in [-0.2, -0.15) is 0 Å². The maximum atomic E-state index is 13.2. The molecule has 2 heterocycles. The molecule has 2 fully saturated rings. The van der Waals surface area contributed by atoms with Crippen LogP contribution in [0.4, 0.5) is 11.4 Å². The van der Waals surface area contributed by atoms with E-state index in [-0.39, 0.29) is 10.8 Å². The Balaban J connectivity index is 1.67. The van der Waals surface area contributed by atoms with E-state index in [0.717, 1.165) is 63.4 Å². The van der Waals surface area contributed by atoms with Crippen LogP contribution >= 0.6 is 0 Å². The first-order chi connectivity index (χ1) is 15.3. The van der Waals surface area contributed by atoms with Crippen LogP contribution in [-0.2, 0) is 10.0 Å². The molecule has 2 N–H and O–H groups in total. The van der Waals surface area contributed by atoms with Gasteiger partial charge in [0.05, 0.1) is 16.3 Å². The molecule has 7 nitrogen and oxygen atoms in total. The third-order valence-electron chi connectivity index (χ3n) is 6.22. The van der Waals surface area contributed by atoms with Gasteiger partial charge in [-0.05, 0) is 56.0 Å². The molecule has 1 atom stereocenters. The second-order valence-electron chi connectivity index (χ2n) is 8.89. The van der Waals surface area contributed by atoms with Crippen molar-refractivity contribution in [3.8, 4) is 0 Å². The first kappa shape index (κ1) is 22.6. The van der Waals surface area contributed by atoms with Crippen molar-refractivity contribution in [3.05, 3.63) is 53.6 Å². The number of aryl methyl sites for hydroxylation is 1. The smallest absolute Gasteiger partial charge is 0.261 e. The molecule has 2 aromatic rings. The van der Waals surface area contributed by atoms with Gasteiger partial charge in [0.1, 0.15) is 0 Å². The van der Waals surface area contributed by atoms with E-state index in [1.165, 1.54) is 0 Å². The minimum absolute atomic E-state index is 0.0424. The first-order valence-corrected chi connectivity index (χ1v) is 12.8. The molecule has 0 radical (unpaired) electrons. The molecule has 8 heteroatoms. The number of nitrogens with zero attached hydrogens (tertiary/aromatic N) is 2. The highest BCUT2D eigenvalue weighted by Crippen LogP contribution is 2.31. The van der Waals surface area contributed by atoms with Gasteiger partial charge in [0.15, 0.2) is 0 Å². The molecule has 1 unspecified atom stereocenters. The van der Waals surface area contributed by atoms with Crippen LogP contribution in [0.25, 0.3) is 0 Å². The molecular weight excluding hydrogens is 424 g/mol. The summed E-state index contributed by atoms with van der Waals surface area (Å²) in [4.78, 5) is 17.4. The van der Waals surface area contributed by atoms with Crippen molar-refractivity contribution in [2.75, 3.05) is 48.9 Å². The van der Waals surface area contributed by atoms with Gasteiger partial charge in [-0.1, -0.05) is 24.6 Å². The Bertz CT molecular complexity index is 1060. The molecule has 0 aliphatic carbocycles. The number of amides is 1. The second kappa shape index (κ2) is 9.50. The zero-order valence-corrected chi connectivity index (χ0v) is 19.6. The van der Waals surface area contributed by atoms with E-state index in [2.05, 4.69) is 21.9 Å². The van der Waals surface area contributed by atoms with Gasteiger partial charge in [0, 0.05) is 44.8 Å². The number of rotatable bonds is 5. The average molecular weight is 457 g/mol. The second-order valence-corrected chi connectivity index (χ2v) is 10.6. The zero-order valence-electron chi connectivity index (χ0n) is 18.8. The fourth-order valence-electron chi connectivity index (χ4n) is 4.41.